The van der Waals surface area contributed by atoms with E-state index < -0.39 is 40.7 Å². The lowest BCUT2D eigenvalue weighted by molar-refractivity contribution is -0.140. The van der Waals surface area contributed by atoms with E-state index in [1.807, 2.05) is 0 Å². The second-order valence-corrected chi connectivity index (χ2v) is 5.72. The van der Waals surface area contributed by atoms with Crippen molar-refractivity contribution in [2.45, 2.75) is 12.8 Å². The van der Waals surface area contributed by atoms with Crippen molar-refractivity contribution >= 4 is 11.9 Å². The van der Waals surface area contributed by atoms with E-state index in [0.29, 0.717) is 18.1 Å². The molecule has 0 aliphatic rings. The highest BCUT2D eigenvalue weighted by atomic mass is 19.2. The maximum atomic E-state index is 14.0. The fraction of sp³-hybridized carbons (Fsp3) is 0.263. The number of hydrogen-bond donors (Lipinski definition) is 0. The highest BCUT2D eigenvalue weighted by Crippen LogP contribution is 2.18. The molecule has 0 fully saturated rings. The summed E-state index contributed by atoms with van der Waals surface area (Å²) in [6, 6.07) is 7.06. The number of esters is 1. The van der Waals surface area contributed by atoms with Crippen LogP contribution >= 0.6 is 0 Å². The Labute approximate surface area is 153 Å². The van der Waals surface area contributed by atoms with Crippen molar-refractivity contribution in [2.75, 3.05) is 20.2 Å². The highest BCUT2D eigenvalue weighted by Gasteiger charge is 2.24. The van der Waals surface area contributed by atoms with Gasteiger partial charge in [-0.1, -0.05) is 12.1 Å². The Hall–Kier alpha value is -2.90. The first kappa shape index (κ1) is 20.4. The molecule has 0 aromatic heterocycles. The number of benzene rings is 2. The van der Waals surface area contributed by atoms with Crippen LogP contribution in [0.15, 0.2) is 36.4 Å². The second kappa shape index (κ2) is 9.16. The summed E-state index contributed by atoms with van der Waals surface area (Å²) in [6.07, 6.45) is 0.134. The van der Waals surface area contributed by atoms with Crippen LogP contribution in [0.1, 0.15) is 22.3 Å². The molecule has 2 aromatic carbocycles. The van der Waals surface area contributed by atoms with Crippen molar-refractivity contribution in [1.29, 1.82) is 0 Å². The summed E-state index contributed by atoms with van der Waals surface area (Å²) < 4.78 is 58.0. The van der Waals surface area contributed by atoms with E-state index in [1.165, 1.54) is 31.4 Å². The van der Waals surface area contributed by atoms with E-state index in [4.69, 9.17) is 0 Å². The minimum Gasteiger partial charge on any atom is -0.469 e. The van der Waals surface area contributed by atoms with Crippen molar-refractivity contribution < 1.29 is 31.9 Å². The van der Waals surface area contributed by atoms with Crippen molar-refractivity contribution in [2.24, 2.45) is 0 Å². The van der Waals surface area contributed by atoms with Gasteiger partial charge in [-0.15, -0.1) is 0 Å². The lowest BCUT2D eigenvalue weighted by atomic mass is 10.1. The van der Waals surface area contributed by atoms with Crippen molar-refractivity contribution in [3.63, 3.8) is 0 Å². The SMILES string of the molecule is COC(=O)CCN(CCc1ccc(F)cc1)C(=O)c1ccc(F)c(F)c1F. The molecule has 144 valence electrons. The summed E-state index contributed by atoms with van der Waals surface area (Å²) >= 11 is 0. The molecule has 1 amide bonds. The maximum Gasteiger partial charge on any atom is 0.307 e. The lowest BCUT2D eigenvalue weighted by Gasteiger charge is -2.23. The molecule has 0 atom stereocenters. The number of rotatable bonds is 7. The topological polar surface area (TPSA) is 46.6 Å². The summed E-state index contributed by atoms with van der Waals surface area (Å²) in [5.74, 6) is -6.63. The summed E-state index contributed by atoms with van der Waals surface area (Å²) in [4.78, 5) is 25.1. The average molecular weight is 383 g/mol. The summed E-state index contributed by atoms with van der Waals surface area (Å²) in [7, 11) is 1.18. The molecule has 0 saturated carbocycles. The van der Waals surface area contributed by atoms with E-state index in [1.54, 1.807) is 0 Å². The van der Waals surface area contributed by atoms with E-state index in [2.05, 4.69) is 4.74 Å². The zero-order chi connectivity index (χ0) is 20.0. The predicted molar refractivity (Wildman–Crippen MR) is 89.0 cm³/mol. The Bertz CT molecular complexity index is 824. The zero-order valence-electron chi connectivity index (χ0n) is 14.5. The third kappa shape index (κ3) is 5.29. The van der Waals surface area contributed by atoms with Crippen LogP contribution in [0.3, 0.4) is 0 Å². The Kier molecular flexibility index (Phi) is 6.92. The van der Waals surface area contributed by atoms with Crippen LogP contribution in [0.2, 0.25) is 0 Å². The van der Waals surface area contributed by atoms with Gasteiger partial charge in [0.1, 0.15) is 5.82 Å². The lowest BCUT2D eigenvalue weighted by Crippen LogP contribution is -2.35. The number of amides is 1. The molecule has 0 heterocycles. The average Bonchev–Trinajstić information content (AvgIpc) is 2.67. The van der Waals surface area contributed by atoms with Gasteiger partial charge >= 0.3 is 5.97 Å². The normalized spacial score (nSPS) is 10.6. The van der Waals surface area contributed by atoms with Gasteiger partial charge in [0, 0.05) is 13.1 Å². The maximum absolute atomic E-state index is 14.0. The van der Waals surface area contributed by atoms with Crippen molar-refractivity contribution in [1.82, 2.24) is 4.90 Å². The van der Waals surface area contributed by atoms with Crippen LogP contribution in [0.4, 0.5) is 17.6 Å². The Morgan fingerprint density at radius 3 is 2.22 bits per heavy atom. The predicted octanol–water partition coefficient (Wildman–Crippen LogP) is 3.49. The number of methoxy groups -OCH3 is 1. The Balaban J connectivity index is 2.20. The Morgan fingerprint density at radius 1 is 0.926 bits per heavy atom. The zero-order valence-corrected chi connectivity index (χ0v) is 14.5. The third-order valence-electron chi connectivity index (χ3n) is 3.95. The van der Waals surface area contributed by atoms with Gasteiger partial charge in [0.05, 0.1) is 19.1 Å². The number of carbonyl (C=O) groups is 2. The van der Waals surface area contributed by atoms with E-state index in [0.717, 1.165) is 11.0 Å². The molecule has 4 nitrogen and oxygen atoms in total. The van der Waals surface area contributed by atoms with Gasteiger partial charge in [-0.05, 0) is 36.2 Å². The molecule has 0 aliphatic heterocycles. The quantitative estimate of drug-likeness (QED) is 0.418. The summed E-state index contributed by atoms with van der Waals surface area (Å²) in [6.45, 7) is -0.0506. The van der Waals surface area contributed by atoms with Crippen molar-refractivity contribution in [3.8, 4) is 0 Å². The van der Waals surface area contributed by atoms with Gasteiger partial charge in [0.25, 0.3) is 5.91 Å². The van der Waals surface area contributed by atoms with E-state index in [-0.39, 0.29) is 19.5 Å². The number of nitrogens with zero attached hydrogens (tertiary/aromatic N) is 1. The summed E-state index contributed by atoms with van der Waals surface area (Å²) in [5, 5.41) is 0. The molecule has 27 heavy (non-hydrogen) atoms. The molecule has 2 rings (SSSR count). The fourth-order valence-corrected chi connectivity index (χ4v) is 2.42. The first-order valence-corrected chi connectivity index (χ1v) is 8.07. The minimum absolute atomic E-state index is 0.0555. The molecule has 8 heteroatoms. The number of carbonyl (C=O) groups excluding carboxylic acids is 2. The van der Waals surface area contributed by atoms with E-state index >= 15 is 0 Å². The number of halogens is 4. The Morgan fingerprint density at radius 2 is 1.59 bits per heavy atom. The fourth-order valence-electron chi connectivity index (χ4n) is 2.42. The molecule has 0 spiro atoms. The van der Waals surface area contributed by atoms with Crippen LogP contribution in [-0.4, -0.2) is 37.0 Å². The smallest absolute Gasteiger partial charge is 0.307 e. The van der Waals surface area contributed by atoms with Gasteiger partial charge in [-0.25, -0.2) is 17.6 Å². The second-order valence-electron chi connectivity index (χ2n) is 5.72. The molecule has 0 saturated heterocycles. The monoisotopic (exact) mass is 383 g/mol. The van der Waals surface area contributed by atoms with E-state index in [9.17, 15) is 27.2 Å². The van der Waals surface area contributed by atoms with Gasteiger partial charge in [-0.3, -0.25) is 9.59 Å². The molecule has 2 aromatic rings. The first-order chi connectivity index (χ1) is 12.8. The summed E-state index contributed by atoms with van der Waals surface area (Å²) in [5.41, 5.74) is 0.0656. The van der Waals surface area contributed by atoms with Crippen LogP contribution < -0.4 is 0 Å². The van der Waals surface area contributed by atoms with Crippen LogP contribution in [0.25, 0.3) is 0 Å². The van der Waals surface area contributed by atoms with Gasteiger partial charge in [0.15, 0.2) is 17.5 Å². The minimum atomic E-state index is -1.74. The third-order valence-corrected chi connectivity index (χ3v) is 3.95. The van der Waals surface area contributed by atoms with Gasteiger partial charge in [0.2, 0.25) is 0 Å². The van der Waals surface area contributed by atoms with Gasteiger partial charge < -0.3 is 9.64 Å². The first-order valence-electron chi connectivity index (χ1n) is 8.07. The molecule has 0 bridgehead atoms. The number of hydrogen-bond acceptors (Lipinski definition) is 3. The molecule has 0 radical (unpaired) electrons. The molecular formula is C19H17F4NO3. The molecule has 0 aliphatic carbocycles. The number of ether oxygens (including phenoxy) is 1. The molecular weight excluding hydrogens is 366 g/mol. The van der Waals surface area contributed by atoms with Crippen LogP contribution in [0, 0.1) is 23.3 Å². The van der Waals surface area contributed by atoms with Crippen LogP contribution in [0.5, 0.6) is 0 Å². The molecule has 0 N–H and O–H groups in total. The van der Waals surface area contributed by atoms with Gasteiger partial charge in [-0.2, -0.15) is 0 Å². The van der Waals surface area contributed by atoms with Crippen molar-refractivity contribution in [3.05, 3.63) is 70.8 Å². The standard InChI is InChI=1S/C19H17F4NO3/c1-27-16(25)9-11-24(10-8-12-2-4-13(20)5-3-12)19(26)14-6-7-15(21)18(23)17(14)22/h2-7H,8-11H2,1H3. The largest absolute Gasteiger partial charge is 0.469 e. The van der Waals surface area contributed by atoms with Crippen LogP contribution in [-0.2, 0) is 16.0 Å². The molecule has 0 unspecified atom stereocenters. The highest BCUT2D eigenvalue weighted by molar-refractivity contribution is 5.94.